The van der Waals surface area contributed by atoms with Crippen molar-refractivity contribution < 1.29 is 9.84 Å². The fourth-order valence-electron chi connectivity index (χ4n) is 2.72. The molecule has 1 aromatic heterocycles. The second-order valence-electron chi connectivity index (χ2n) is 5.64. The molecule has 2 atom stereocenters. The van der Waals surface area contributed by atoms with E-state index in [0.29, 0.717) is 25.6 Å². The predicted octanol–water partition coefficient (Wildman–Crippen LogP) is 2.11. The van der Waals surface area contributed by atoms with Gasteiger partial charge in [-0.15, -0.1) is 0 Å². The lowest BCUT2D eigenvalue weighted by Crippen LogP contribution is -2.47. The average Bonchev–Trinajstić information content (AvgIpc) is 2.57. The molecule has 0 saturated carbocycles. The van der Waals surface area contributed by atoms with E-state index in [1.165, 1.54) is 0 Å². The van der Waals surface area contributed by atoms with Gasteiger partial charge in [0, 0.05) is 25.4 Å². The number of hydrogen-bond donors (Lipinski definition) is 1. The molecule has 0 amide bonds. The van der Waals surface area contributed by atoms with Crippen LogP contribution in [0.1, 0.15) is 23.7 Å². The number of anilines is 1. The SMILES string of the molecule is Cc1cnc(N2CCOCC2CC(O)c2ccccc2)nc1. The normalized spacial score (nSPS) is 19.9. The minimum absolute atomic E-state index is 0.0756. The Balaban J connectivity index is 1.74. The number of hydrogen-bond acceptors (Lipinski definition) is 5. The molecule has 1 saturated heterocycles. The minimum atomic E-state index is -0.513. The monoisotopic (exact) mass is 299 g/mol. The van der Waals surface area contributed by atoms with E-state index in [0.717, 1.165) is 17.7 Å². The Morgan fingerprint density at radius 3 is 2.73 bits per heavy atom. The molecule has 2 unspecified atom stereocenters. The fraction of sp³-hybridized carbons (Fsp3) is 0.412. The van der Waals surface area contributed by atoms with Crippen molar-refractivity contribution in [3.8, 4) is 0 Å². The lowest BCUT2D eigenvalue weighted by Gasteiger charge is -2.36. The van der Waals surface area contributed by atoms with Crippen molar-refractivity contribution in [1.29, 1.82) is 0 Å². The van der Waals surface area contributed by atoms with Crippen LogP contribution in [0, 0.1) is 6.92 Å². The summed E-state index contributed by atoms with van der Waals surface area (Å²) in [7, 11) is 0. The number of nitrogens with zero attached hydrogens (tertiary/aromatic N) is 3. The summed E-state index contributed by atoms with van der Waals surface area (Å²) in [5.41, 5.74) is 1.97. The Bertz CT molecular complexity index is 589. The van der Waals surface area contributed by atoms with Crippen LogP contribution in [0.5, 0.6) is 0 Å². The van der Waals surface area contributed by atoms with Gasteiger partial charge in [-0.2, -0.15) is 0 Å². The standard InChI is InChI=1S/C17H21N3O2/c1-13-10-18-17(19-11-13)20-7-8-22-12-15(20)9-16(21)14-5-3-2-4-6-14/h2-6,10-11,15-16,21H,7-9,12H2,1H3. The summed E-state index contributed by atoms with van der Waals surface area (Å²) < 4.78 is 5.59. The van der Waals surface area contributed by atoms with Gasteiger partial charge < -0.3 is 14.7 Å². The Morgan fingerprint density at radius 1 is 1.27 bits per heavy atom. The maximum Gasteiger partial charge on any atom is 0.225 e. The van der Waals surface area contributed by atoms with Crippen LogP contribution in [-0.2, 0) is 4.74 Å². The van der Waals surface area contributed by atoms with Crippen molar-refractivity contribution in [1.82, 2.24) is 9.97 Å². The van der Waals surface area contributed by atoms with E-state index in [2.05, 4.69) is 14.9 Å². The van der Waals surface area contributed by atoms with Gasteiger partial charge in [0.15, 0.2) is 0 Å². The van der Waals surface area contributed by atoms with Crippen LogP contribution < -0.4 is 4.90 Å². The van der Waals surface area contributed by atoms with Crippen molar-refractivity contribution in [3.63, 3.8) is 0 Å². The summed E-state index contributed by atoms with van der Waals surface area (Å²) in [6.45, 7) is 3.96. The number of morpholine rings is 1. The van der Waals surface area contributed by atoms with Gasteiger partial charge in [0.25, 0.3) is 0 Å². The van der Waals surface area contributed by atoms with Crippen molar-refractivity contribution in [2.45, 2.75) is 25.5 Å². The van der Waals surface area contributed by atoms with Crippen LogP contribution in [0.15, 0.2) is 42.7 Å². The maximum atomic E-state index is 10.5. The second kappa shape index (κ2) is 6.85. The second-order valence-corrected chi connectivity index (χ2v) is 5.64. The summed E-state index contributed by atoms with van der Waals surface area (Å²) >= 11 is 0. The molecular formula is C17H21N3O2. The number of aliphatic hydroxyl groups is 1. The first-order valence-corrected chi connectivity index (χ1v) is 7.60. The smallest absolute Gasteiger partial charge is 0.225 e. The summed E-state index contributed by atoms with van der Waals surface area (Å²) in [5, 5.41) is 10.5. The number of ether oxygens (including phenoxy) is 1. The Labute approximate surface area is 130 Å². The first kappa shape index (κ1) is 14.9. The zero-order valence-electron chi connectivity index (χ0n) is 12.7. The molecule has 1 fully saturated rings. The summed E-state index contributed by atoms with van der Waals surface area (Å²) in [6, 6.07) is 9.80. The molecule has 1 N–H and O–H groups in total. The van der Waals surface area contributed by atoms with Gasteiger partial charge in [-0.1, -0.05) is 30.3 Å². The van der Waals surface area contributed by atoms with E-state index < -0.39 is 6.10 Å². The number of aliphatic hydroxyl groups excluding tert-OH is 1. The minimum Gasteiger partial charge on any atom is -0.388 e. The number of rotatable bonds is 4. The lowest BCUT2D eigenvalue weighted by molar-refractivity contribution is 0.0672. The third kappa shape index (κ3) is 3.43. The molecule has 0 radical (unpaired) electrons. The maximum absolute atomic E-state index is 10.5. The van der Waals surface area contributed by atoms with Gasteiger partial charge in [0.1, 0.15) is 0 Å². The van der Waals surface area contributed by atoms with Gasteiger partial charge in [-0.3, -0.25) is 0 Å². The Hall–Kier alpha value is -1.98. The van der Waals surface area contributed by atoms with Gasteiger partial charge in [-0.05, 0) is 18.1 Å². The molecule has 1 aliphatic rings. The Morgan fingerprint density at radius 2 is 2.00 bits per heavy atom. The van der Waals surface area contributed by atoms with Gasteiger partial charge >= 0.3 is 0 Å². The highest BCUT2D eigenvalue weighted by Crippen LogP contribution is 2.24. The highest BCUT2D eigenvalue weighted by Gasteiger charge is 2.27. The number of aryl methyl sites for hydroxylation is 1. The molecule has 2 heterocycles. The van der Waals surface area contributed by atoms with E-state index in [-0.39, 0.29) is 6.04 Å². The third-order valence-electron chi connectivity index (χ3n) is 3.93. The predicted molar refractivity (Wildman–Crippen MR) is 84.7 cm³/mol. The van der Waals surface area contributed by atoms with Crippen LogP contribution in [0.4, 0.5) is 5.95 Å². The van der Waals surface area contributed by atoms with Gasteiger partial charge in [-0.25, -0.2) is 9.97 Å². The first-order valence-electron chi connectivity index (χ1n) is 7.60. The molecule has 22 heavy (non-hydrogen) atoms. The molecule has 116 valence electrons. The van der Waals surface area contributed by atoms with Crippen LogP contribution >= 0.6 is 0 Å². The topological polar surface area (TPSA) is 58.5 Å². The van der Waals surface area contributed by atoms with Crippen molar-refractivity contribution in [2.24, 2.45) is 0 Å². The molecule has 0 spiro atoms. The third-order valence-corrected chi connectivity index (χ3v) is 3.93. The van der Waals surface area contributed by atoms with Crippen molar-refractivity contribution in [3.05, 3.63) is 53.9 Å². The van der Waals surface area contributed by atoms with E-state index >= 15 is 0 Å². The van der Waals surface area contributed by atoms with E-state index in [4.69, 9.17) is 4.74 Å². The molecule has 1 aliphatic heterocycles. The van der Waals surface area contributed by atoms with E-state index in [9.17, 15) is 5.11 Å². The van der Waals surface area contributed by atoms with Gasteiger partial charge in [0.2, 0.25) is 5.95 Å². The van der Waals surface area contributed by atoms with Crippen molar-refractivity contribution >= 4 is 5.95 Å². The molecule has 5 nitrogen and oxygen atoms in total. The number of benzene rings is 1. The van der Waals surface area contributed by atoms with Crippen LogP contribution in [0.3, 0.4) is 0 Å². The largest absolute Gasteiger partial charge is 0.388 e. The number of aromatic nitrogens is 2. The Kier molecular flexibility index (Phi) is 4.65. The summed E-state index contributed by atoms with van der Waals surface area (Å²) in [4.78, 5) is 11.0. The molecule has 0 aliphatic carbocycles. The van der Waals surface area contributed by atoms with Crippen LogP contribution in [0.25, 0.3) is 0 Å². The van der Waals surface area contributed by atoms with E-state index in [1.54, 1.807) is 0 Å². The molecule has 3 rings (SSSR count). The highest BCUT2D eigenvalue weighted by atomic mass is 16.5. The summed E-state index contributed by atoms with van der Waals surface area (Å²) in [5.74, 6) is 0.708. The molecule has 0 bridgehead atoms. The summed E-state index contributed by atoms with van der Waals surface area (Å²) in [6.07, 6.45) is 3.73. The zero-order chi connectivity index (χ0) is 15.4. The average molecular weight is 299 g/mol. The lowest BCUT2D eigenvalue weighted by atomic mass is 10.0. The van der Waals surface area contributed by atoms with Crippen LogP contribution in [0.2, 0.25) is 0 Å². The van der Waals surface area contributed by atoms with Gasteiger partial charge in [0.05, 0.1) is 25.4 Å². The molecule has 2 aromatic rings. The highest BCUT2D eigenvalue weighted by molar-refractivity contribution is 5.33. The van der Waals surface area contributed by atoms with Crippen molar-refractivity contribution in [2.75, 3.05) is 24.7 Å². The first-order chi connectivity index (χ1) is 10.7. The fourth-order valence-corrected chi connectivity index (χ4v) is 2.72. The molecule has 5 heteroatoms. The quantitative estimate of drug-likeness (QED) is 0.937. The zero-order valence-corrected chi connectivity index (χ0v) is 12.7. The molecule has 1 aromatic carbocycles. The van der Waals surface area contributed by atoms with E-state index in [1.807, 2.05) is 49.6 Å². The molecular weight excluding hydrogens is 278 g/mol. The van der Waals surface area contributed by atoms with Crippen LogP contribution in [-0.4, -0.2) is 40.9 Å².